The highest BCUT2D eigenvalue weighted by atomic mass is 32.1. The first-order valence-corrected chi connectivity index (χ1v) is 9.24. The number of nitrogens with one attached hydrogen (secondary N) is 1. The number of rotatable bonds is 5. The number of carbonyl (C=O) groups is 1. The summed E-state index contributed by atoms with van der Waals surface area (Å²) >= 11 is 2.99. The van der Waals surface area contributed by atoms with Crippen LogP contribution in [0.15, 0.2) is 12.5 Å². The fraction of sp³-hybridized carbons (Fsp3) is 0.375. The first kappa shape index (κ1) is 16.8. The lowest BCUT2D eigenvalue weighted by molar-refractivity contribution is 0.0531. The van der Waals surface area contributed by atoms with E-state index in [0.29, 0.717) is 17.3 Å². The van der Waals surface area contributed by atoms with E-state index in [4.69, 9.17) is 4.74 Å². The zero-order valence-corrected chi connectivity index (χ0v) is 15.5. The molecule has 126 valence electrons. The molecule has 1 unspecified atom stereocenters. The Labute approximate surface area is 147 Å². The maximum atomic E-state index is 12.1. The Morgan fingerprint density at radius 2 is 2.08 bits per heavy atom. The smallest absolute Gasteiger partial charge is 0.348 e. The quantitative estimate of drug-likeness (QED) is 0.688. The van der Waals surface area contributed by atoms with Crippen molar-refractivity contribution in [3.63, 3.8) is 0 Å². The number of aryl methyl sites for hydroxylation is 2. The van der Waals surface area contributed by atoms with Crippen LogP contribution in [0.5, 0.6) is 0 Å². The molecular formula is C16H18N4O2S2. The molecule has 1 N–H and O–H groups in total. The molecule has 6 nitrogen and oxygen atoms in total. The molecule has 0 saturated carbocycles. The second-order valence-electron chi connectivity index (χ2n) is 5.35. The summed E-state index contributed by atoms with van der Waals surface area (Å²) in [4.78, 5) is 27.7. The number of thiophene rings is 1. The van der Waals surface area contributed by atoms with E-state index in [1.165, 1.54) is 22.5 Å². The van der Waals surface area contributed by atoms with Crippen molar-refractivity contribution >= 4 is 44.7 Å². The highest BCUT2D eigenvalue weighted by Crippen LogP contribution is 2.35. The van der Waals surface area contributed by atoms with E-state index in [1.807, 2.05) is 27.0 Å². The Bertz CT molecular complexity index is 887. The third kappa shape index (κ3) is 3.11. The number of nitrogens with zero attached hydrogens (tertiary/aromatic N) is 3. The number of carbonyl (C=O) groups excluding carboxylic acids is 1. The summed E-state index contributed by atoms with van der Waals surface area (Å²) in [5.74, 6) is 0.400. The number of hydrogen-bond donors (Lipinski definition) is 1. The largest absolute Gasteiger partial charge is 0.462 e. The number of thiazole rings is 1. The molecule has 1 atom stereocenters. The lowest BCUT2D eigenvalue weighted by Crippen LogP contribution is -2.08. The normalized spacial score (nSPS) is 12.3. The van der Waals surface area contributed by atoms with E-state index < -0.39 is 0 Å². The predicted molar refractivity (Wildman–Crippen MR) is 97.0 cm³/mol. The van der Waals surface area contributed by atoms with E-state index in [1.54, 1.807) is 18.3 Å². The highest BCUT2D eigenvalue weighted by Gasteiger charge is 2.21. The van der Waals surface area contributed by atoms with Gasteiger partial charge in [-0.3, -0.25) is 0 Å². The van der Waals surface area contributed by atoms with Crippen molar-refractivity contribution in [1.29, 1.82) is 0 Å². The van der Waals surface area contributed by atoms with Crippen molar-refractivity contribution in [2.75, 3.05) is 11.9 Å². The Morgan fingerprint density at radius 3 is 2.75 bits per heavy atom. The van der Waals surface area contributed by atoms with Gasteiger partial charge in [0.05, 0.1) is 18.0 Å². The molecule has 0 saturated heterocycles. The van der Waals surface area contributed by atoms with Gasteiger partial charge in [-0.15, -0.1) is 22.7 Å². The van der Waals surface area contributed by atoms with Gasteiger partial charge < -0.3 is 10.1 Å². The highest BCUT2D eigenvalue weighted by molar-refractivity contribution is 7.20. The van der Waals surface area contributed by atoms with Crippen LogP contribution in [0, 0.1) is 13.8 Å². The monoisotopic (exact) mass is 362 g/mol. The zero-order chi connectivity index (χ0) is 17.3. The van der Waals surface area contributed by atoms with Crippen LogP contribution in [0.4, 0.5) is 5.82 Å². The number of aromatic nitrogens is 3. The molecule has 8 heteroatoms. The molecular weight excluding hydrogens is 344 g/mol. The molecule has 0 bridgehead atoms. The third-order valence-corrected chi connectivity index (χ3v) is 5.83. The minimum atomic E-state index is -0.312. The maximum Gasteiger partial charge on any atom is 0.348 e. The van der Waals surface area contributed by atoms with Gasteiger partial charge in [0.15, 0.2) is 0 Å². The number of hydrogen-bond acceptors (Lipinski definition) is 8. The molecule has 0 spiro atoms. The van der Waals surface area contributed by atoms with Crippen LogP contribution < -0.4 is 5.32 Å². The molecule has 0 aromatic carbocycles. The molecule has 3 rings (SSSR count). The lowest BCUT2D eigenvalue weighted by Gasteiger charge is -2.12. The van der Waals surface area contributed by atoms with Crippen LogP contribution in [0.25, 0.3) is 10.2 Å². The van der Waals surface area contributed by atoms with Crippen LogP contribution in [0.3, 0.4) is 0 Å². The first-order valence-electron chi connectivity index (χ1n) is 7.61. The zero-order valence-electron chi connectivity index (χ0n) is 13.9. The van der Waals surface area contributed by atoms with Crippen LogP contribution in [-0.4, -0.2) is 27.5 Å². The van der Waals surface area contributed by atoms with Gasteiger partial charge in [-0.2, -0.15) is 0 Å². The third-order valence-electron chi connectivity index (χ3n) is 3.55. The summed E-state index contributed by atoms with van der Waals surface area (Å²) in [7, 11) is 0. The second kappa shape index (κ2) is 6.82. The summed E-state index contributed by atoms with van der Waals surface area (Å²) in [5.41, 5.74) is 0.846. The topological polar surface area (TPSA) is 77.0 Å². The van der Waals surface area contributed by atoms with Gasteiger partial charge in [-0.05, 0) is 33.3 Å². The number of ether oxygens (including phenoxy) is 1. The number of fused-ring (bicyclic) bond motifs is 1. The van der Waals surface area contributed by atoms with Crippen LogP contribution in [0.2, 0.25) is 0 Å². The van der Waals surface area contributed by atoms with Crippen molar-refractivity contribution in [3.8, 4) is 0 Å². The van der Waals surface area contributed by atoms with Gasteiger partial charge in [0.25, 0.3) is 0 Å². The molecule has 0 radical (unpaired) electrons. The van der Waals surface area contributed by atoms with Gasteiger partial charge in [-0.25, -0.2) is 19.7 Å². The Balaban J connectivity index is 1.98. The first-order chi connectivity index (χ1) is 11.5. The van der Waals surface area contributed by atoms with Gasteiger partial charge in [0.2, 0.25) is 0 Å². The molecule has 3 heterocycles. The van der Waals surface area contributed by atoms with Gasteiger partial charge in [0.1, 0.15) is 26.9 Å². The maximum absolute atomic E-state index is 12.1. The van der Waals surface area contributed by atoms with Crippen LogP contribution >= 0.6 is 22.7 Å². The fourth-order valence-corrected chi connectivity index (χ4v) is 4.23. The summed E-state index contributed by atoms with van der Waals surface area (Å²) in [6.45, 7) is 8.12. The van der Waals surface area contributed by atoms with E-state index in [-0.39, 0.29) is 12.0 Å². The molecule has 3 aromatic heterocycles. The molecule has 0 fully saturated rings. The standard InChI is InChI=1S/C16H18N4O2S2/c1-5-22-16(21)12-9(3)11-13(18-7-19-15(11)24-12)20-10(4)14-17-6-8(2)23-14/h6-7,10H,5H2,1-4H3,(H,18,19,20). The minimum absolute atomic E-state index is 0.0205. The summed E-state index contributed by atoms with van der Waals surface area (Å²) in [5, 5.41) is 5.26. The molecule has 0 aliphatic rings. The van der Waals surface area contributed by atoms with Crippen LogP contribution in [-0.2, 0) is 4.74 Å². The van der Waals surface area contributed by atoms with Crippen molar-refractivity contribution in [3.05, 3.63) is 32.8 Å². The fourth-order valence-electron chi connectivity index (χ4n) is 2.41. The van der Waals surface area contributed by atoms with Gasteiger partial charge >= 0.3 is 5.97 Å². The van der Waals surface area contributed by atoms with E-state index in [2.05, 4.69) is 20.3 Å². The lowest BCUT2D eigenvalue weighted by atomic mass is 10.2. The molecule has 0 amide bonds. The number of esters is 1. The van der Waals surface area contributed by atoms with Crippen molar-refractivity contribution in [2.24, 2.45) is 0 Å². The van der Waals surface area contributed by atoms with Gasteiger partial charge in [0, 0.05) is 11.1 Å². The number of anilines is 1. The van der Waals surface area contributed by atoms with Crippen molar-refractivity contribution < 1.29 is 9.53 Å². The average molecular weight is 362 g/mol. The predicted octanol–water partition coefficient (Wildman–Crippen LogP) is 4.11. The second-order valence-corrected chi connectivity index (χ2v) is 7.62. The SMILES string of the molecule is CCOC(=O)c1sc2ncnc(NC(C)c3ncc(C)s3)c2c1C. The summed E-state index contributed by atoms with van der Waals surface area (Å²) in [6, 6.07) is 0.0205. The van der Waals surface area contributed by atoms with Crippen molar-refractivity contribution in [2.45, 2.75) is 33.7 Å². The van der Waals surface area contributed by atoms with E-state index in [9.17, 15) is 4.79 Å². The molecule has 0 aliphatic heterocycles. The van der Waals surface area contributed by atoms with Gasteiger partial charge in [-0.1, -0.05) is 0 Å². The van der Waals surface area contributed by atoms with E-state index in [0.717, 1.165) is 20.8 Å². The van der Waals surface area contributed by atoms with Crippen molar-refractivity contribution in [1.82, 2.24) is 15.0 Å². The molecule has 0 aliphatic carbocycles. The Kier molecular flexibility index (Phi) is 4.77. The average Bonchev–Trinajstić information content (AvgIpc) is 3.12. The molecule has 24 heavy (non-hydrogen) atoms. The Morgan fingerprint density at radius 1 is 1.29 bits per heavy atom. The summed E-state index contributed by atoms with van der Waals surface area (Å²) < 4.78 is 5.13. The Hall–Kier alpha value is -2.06. The van der Waals surface area contributed by atoms with Crippen LogP contribution in [0.1, 0.15) is 45.0 Å². The summed E-state index contributed by atoms with van der Waals surface area (Å²) in [6.07, 6.45) is 3.37. The van der Waals surface area contributed by atoms with E-state index >= 15 is 0 Å². The molecule has 3 aromatic rings. The minimum Gasteiger partial charge on any atom is -0.462 e.